The second-order valence-corrected chi connectivity index (χ2v) is 23.0. The van der Waals surface area contributed by atoms with Gasteiger partial charge in [0, 0.05) is 96.6 Å². The number of carboxylic acid groups (broad SMARTS) is 6. The van der Waals surface area contributed by atoms with Crippen molar-refractivity contribution in [2.24, 2.45) is 0 Å². The molecule has 0 unspecified atom stereocenters. The Hall–Kier alpha value is -3.30. The van der Waals surface area contributed by atoms with Crippen molar-refractivity contribution in [1.82, 2.24) is 20.0 Å². The van der Waals surface area contributed by atoms with E-state index in [0.717, 1.165) is 13.3 Å². The standard InChI is InChI=1S/C10H14N2O4.2C10H13NO4.C5H10O4.C3H6O3.C2H4O2.6ClH.6H2N.3Pt/c13-8-4-5-9(14)12(8)7-3-1-2-6-11-10(15)16;2*12-8-5-6-9(13)11(8)7-3-1-2-4-10(14)15;1-8-2-3-9-4-5(6)7;1-6-2-3(4)5;1-2(3)4;;;;;;;;;;;;;;;/h4-5,11H,1-3,6-7H2,(H,15,16);2*5-6H,1-4,7H2,(H,14,15);2-4H2,1H3,(H,6,7);2H2,1H3,(H,4,5);1H3,(H,3,4);6*1H;6*1H2;;;/q;;;;;;;;;;;;6*-1;3*+4/p-6. The fraction of sp³-hybridized carbons (Fsp3) is 0.550. The quantitative estimate of drug-likeness (QED) is 0.0330. The Balaban J connectivity index is -0.0000000686. The molecule has 3 heterocycles. The predicted molar refractivity (Wildman–Crippen MR) is 290 cm³/mol. The topological polar surface area (TPSA) is 577 Å². The summed E-state index contributed by atoms with van der Waals surface area (Å²) >= 11 is -1.42. The van der Waals surface area contributed by atoms with Crippen molar-refractivity contribution in [3.63, 3.8) is 0 Å². The van der Waals surface area contributed by atoms with Gasteiger partial charge in [0.1, 0.15) is 13.2 Å². The molecule has 0 aromatic carbocycles. The van der Waals surface area contributed by atoms with E-state index in [1.807, 2.05) is 0 Å². The van der Waals surface area contributed by atoms with Crippen LogP contribution in [0.1, 0.15) is 77.6 Å². The molecule has 0 bridgehead atoms. The molecule has 3 aliphatic rings. The van der Waals surface area contributed by atoms with Crippen molar-refractivity contribution >= 4 is 128 Å². The maximum Gasteiger partial charge on any atom is -0.693 e. The molecule has 0 aromatic heterocycles. The van der Waals surface area contributed by atoms with E-state index in [4.69, 9.17) is 91.9 Å². The Morgan fingerprint density at radius 2 is 0.700 bits per heavy atom. The number of unbranched alkanes of at least 4 members (excludes halogenated alkanes) is 6. The third kappa shape index (κ3) is 83.5. The van der Waals surface area contributed by atoms with Crippen molar-refractivity contribution in [3.8, 4) is 0 Å². The molecule has 0 spiro atoms. The SMILES string of the molecule is CC(=O)O.COCC(=O)O.COCCOCC(=O)O.O=C(O)CCCCCN1C(=O)C=CC1=O.O=C(O)CCCCCN1C(=O)C=CC1=O.O=C(O)NCCCCCN1C(=O)C=CC1=O.[Cl][Pt+2][Cl].[Cl][Pt+2][Cl].[Cl][Pt+2][Cl].[NH2-].[NH2-].[NH2-].[NH2-].[NH2-].[NH2-]. The minimum Gasteiger partial charge on any atom is -0.693 e. The zero-order valence-electron chi connectivity index (χ0n) is 43.2. The summed E-state index contributed by atoms with van der Waals surface area (Å²) in [4.78, 5) is 129. The molecule has 0 fully saturated rings. The molecule has 19 N–H and O–H groups in total. The van der Waals surface area contributed by atoms with Gasteiger partial charge in [-0.3, -0.25) is 57.9 Å². The number of carbonyl (C=O) groups excluding carboxylic acids is 6. The summed E-state index contributed by atoms with van der Waals surface area (Å²) in [5.41, 5.74) is 0. The molecule has 0 aromatic rings. The van der Waals surface area contributed by atoms with Gasteiger partial charge in [-0.1, -0.05) is 12.8 Å². The van der Waals surface area contributed by atoms with E-state index < -0.39 is 85.4 Å². The number of carbonyl (C=O) groups is 12. The van der Waals surface area contributed by atoms with Crippen molar-refractivity contribution in [2.75, 3.05) is 66.8 Å². The van der Waals surface area contributed by atoms with Crippen LogP contribution >= 0.6 is 56.5 Å². The number of nitrogens with one attached hydrogen (secondary N) is 1. The van der Waals surface area contributed by atoms with Gasteiger partial charge in [0.15, 0.2) is 0 Å². The molecule has 3 aliphatic heterocycles. The van der Waals surface area contributed by atoms with E-state index in [-0.39, 0.29) is 98.4 Å². The van der Waals surface area contributed by atoms with Gasteiger partial charge in [-0.05, 0) is 44.9 Å². The van der Waals surface area contributed by atoms with Crippen LogP contribution in [0.25, 0.3) is 36.9 Å². The number of nitrogens with two attached hydrogens (primary N) is 6. The summed E-state index contributed by atoms with van der Waals surface area (Å²) in [6.07, 6.45) is 12.8. The number of carboxylic acids is 5. The first-order valence-corrected chi connectivity index (χ1v) is 37.4. The fourth-order valence-electron chi connectivity index (χ4n) is 4.59. The van der Waals surface area contributed by atoms with E-state index in [1.165, 1.54) is 65.4 Å². The summed E-state index contributed by atoms with van der Waals surface area (Å²) in [6, 6.07) is 0. The molecule has 0 saturated heterocycles. The zero-order valence-corrected chi connectivity index (χ0v) is 54.6. The summed E-state index contributed by atoms with van der Waals surface area (Å²) < 4.78 is 13.4. The Labute approximate surface area is 513 Å². The van der Waals surface area contributed by atoms with Crippen molar-refractivity contribution in [1.29, 1.82) is 0 Å². The molecular weight excluding hydrogens is 1750 g/mol. The molecular formula is C40H72Cl6N10O21Pt3. The first-order valence-electron chi connectivity index (χ1n) is 20.5. The Morgan fingerprint density at radius 1 is 0.438 bits per heavy atom. The minimum absolute atomic E-state index is 0. The zero-order chi connectivity index (χ0) is 58.3. The number of nitrogens with zero attached hydrogens (tertiary/aromatic N) is 3. The largest absolute Gasteiger partial charge is 0.693 e. The predicted octanol–water partition coefficient (Wildman–Crippen LogP) is 9.44. The molecule has 0 atom stereocenters. The second-order valence-electron chi connectivity index (χ2n) is 13.1. The molecule has 40 heteroatoms. The van der Waals surface area contributed by atoms with Crippen LogP contribution in [0.3, 0.4) is 0 Å². The maximum absolute atomic E-state index is 11.1. The monoisotopic (exact) mass is 1820 g/mol. The Kier molecular flexibility index (Phi) is 102. The molecule has 80 heavy (non-hydrogen) atoms. The van der Waals surface area contributed by atoms with Crippen LogP contribution in [0.5, 0.6) is 0 Å². The third-order valence-corrected chi connectivity index (χ3v) is 7.51. The van der Waals surface area contributed by atoms with Gasteiger partial charge in [0.05, 0.1) is 13.2 Å². The number of hydrogen-bond acceptors (Lipinski definition) is 15. The van der Waals surface area contributed by atoms with E-state index in [9.17, 15) is 52.7 Å². The van der Waals surface area contributed by atoms with E-state index in [0.29, 0.717) is 90.8 Å². The van der Waals surface area contributed by atoms with Gasteiger partial charge >= 0.3 is 136 Å². The fourth-order valence-corrected chi connectivity index (χ4v) is 4.59. The van der Waals surface area contributed by atoms with Crippen LogP contribution in [0.4, 0.5) is 4.79 Å². The van der Waals surface area contributed by atoms with Gasteiger partial charge < -0.3 is 87.1 Å². The molecule has 0 radical (unpaired) electrons. The summed E-state index contributed by atoms with van der Waals surface area (Å²) in [5, 5.41) is 50.6. The van der Waals surface area contributed by atoms with E-state index >= 15 is 0 Å². The van der Waals surface area contributed by atoms with Crippen molar-refractivity contribution in [3.05, 3.63) is 73.4 Å². The van der Waals surface area contributed by atoms with Gasteiger partial charge in [0.25, 0.3) is 41.4 Å². The smallest absolute Gasteiger partial charge is 0.693 e. The van der Waals surface area contributed by atoms with Crippen molar-refractivity contribution < 1.29 is 152 Å². The number of hydrogen-bond donors (Lipinski definition) is 7. The molecule has 480 valence electrons. The average Bonchev–Trinajstić information content (AvgIpc) is 3.93. The van der Waals surface area contributed by atoms with Crippen molar-refractivity contribution in [2.45, 2.75) is 77.6 Å². The van der Waals surface area contributed by atoms with E-state index in [2.05, 4.69) is 19.5 Å². The van der Waals surface area contributed by atoms with Gasteiger partial charge in [-0.25, -0.2) is 14.4 Å². The normalized spacial score (nSPS) is 11.4. The molecule has 3 rings (SSSR count). The Morgan fingerprint density at radius 3 is 0.900 bits per heavy atom. The number of rotatable bonds is 25. The molecule has 7 amide bonds. The first kappa shape index (κ1) is 105. The van der Waals surface area contributed by atoms with E-state index in [1.54, 1.807) is 0 Å². The number of amides is 7. The maximum atomic E-state index is 11.1. The van der Waals surface area contributed by atoms with Crippen LogP contribution in [0, 0.1) is 0 Å². The second kappa shape index (κ2) is 77.8. The van der Waals surface area contributed by atoms with Gasteiger partial charge in [-0.15, -0.1) is 0 Å². The average molecular weight is 1830 g/mol. The summed E-state index contributed by atoms with van der Waals surface area (Å²) in [6.45, 7) is 2.96. The number of methoxy groups -OCH3 is 2. The first-order chi connectivity index (χ1) is 34.8. The number of imide groups is 3. The van der Waals surface area contributed by atoms with Crippen LogP contribution in [-0.2, 0) is 116 Å². The van der Waals surface area contributed by atoms with Gasteiger partial charge in [-0.2, -0.15) is 0 Å². The third-order valence-electron chi connectivity index (χ3n) is 7.51. The van der Waals surface area contributed by atoms with Crippen LogP contribution in [0.2, 0.25) is 0 Å². The van der Waals surface area contributed by atoms with Gasteiger partial charge in [0.2, 0.25) is 0 Å². The number of aliphatic carboxylic acids is 5. The summed E-state index contributed by atoms with van der Waals surface area (Å²) in [7, 11) is 32.1. The number of ether oxygens (including phenoxy) is 3. The molecule has 0 saturated carbocycles. The molecule has 0 aliphatic carbocycles. The Bertz CT molecular complexity index is 1650. The molecule has 31 nitrogen and oxygen atoms in total. The van der Waals surface area contributed by atoms with Crippen LogP contribution < -0.4 is 5.32 Å². The summed E-state index contributed by atoms with van der Waals surface area (Å²) in [5.74, 6) is -6.01. The number of halogens is 6. The minimum atomic E-state index is -1.03. The van der Waals surface area contributed by atoms with Crippen LogP contribution in [0.15, 0.2) is 36.5 Å². The van der Waals surface area contributed by atoms with Crippen LogP contribution in [-0.4, -0.2) is 184 Å².